The number of amides is 1. The second kappa shape index (κ2) is 9.30. The fraction of sp³-hybridized carbons (Fsp3) is 0.818. The van der Waals surface area contributed by atoms with Gasteiger partial charge in [0.2, 0.25) is 5.91 Å². The highest BCUT2D eigenvalue weighted by molar-refractivity contribution is 5.78. The number of carbonyl (C=O) groups excluding carboxylic acids is 2. The van der Waals surface area contributed by atoms with Crippen molar-refractivity contribution in [3.8, 4) is 0 Å². The standard InChI is InChI=1S/C11H23N3O2/c1-9(2)6-10(7-13-4-5-15)14-11(16)8-12-3/h5,9-10,12-13H,4,6-8H2,1-3H3,(H,14,16). The van der Waals surface area contributed by atoms with E-state index in [4.69, 9.17) is 0 Å². The van der Waals surface area contributed by atoms with E-state index in [0.29, 0.717) is 25.6 Å². The summed E-state index contributed by atoms with van der Waals surface area (Å²) in [5.74, 6) is 0.499. The van der Waals surface area contributed by atoms with Crippen molar-refractivity contribution in [2.45, 2.75) is 26.3 Å². The van der Waals surface area contributed by atoms with Crippen LogP contribution in [0.4, 0.5) is 0 Å². The van der Waals surface area contributed by atoms with Crippen molar-refractivity contribution < 1.29 is 9.59 Å². The van der Waals surface area contributed by atoms with Crippen LogP contribution in [0.25, 0.3) is 0 Å². The van der Waals surface area contributed by atoms with Gasteiger partial charge in [0.25, 0.3) is 0 Å². The Morgan fingerprint density at radius 3 is 2.56 bits per heavy atom. The quantitative estimate of drug-likeness (QED) is 0.369. The van der Waals surface area contributed by atoms with Crippen LogP contribution in [0, 0.1) is 5.92 Å². The Balaban J connectivity index is 3.98. The topological polar surface area (TPSA) is 70.2 Å². The monoisotopic (exact) mass is 229 g/mol. The van der Waals surface area contributed by atoms with Crippen molar-refractivity contribution in [1.82, 2.24) is 16.0 Å². The van der Waals surface area contributed by atoms with E-state index in [1.54, 1.807) is 7.05 Å². The van der Waals surface area contributed by atoms with Crippen LogP contribution in [-0.2, 0) is 9.59 Å². The van der Waals surface area contributed by atoms with Gasteiger partial charge in [-0.3, -0.25) is 4.79 Å². The van der Waals surface area contributed by atoms with Crippen LogP contribution in [-0.4, -0.2) is 44.9 Å². The summed E-state index contributed by atoms with van der Waals surface area (Å²) in [6.07, 6.45) is 1.73. The summed E-state index contributed by atoms with van der Waals surface area (Å²) in [4.78, 5) is 21.6. The molecule has 16 heavy (non-hydrogen) atoms. The van der Waals surface area contributed by atoms with Crippen LogP contribution in [0.1, 0.15) is 20.3 Å². The van der Waals surface area contributed by atoms with E-state index in [1.165, 1.54) is 0 Å². The molecule has 5 nitrogen and oxygen atoms in total. The first kappa shape index (κ1) is 15.1. The minimum Gasteiger partial charge on any atom is -0.351 e. The first-order chi connectivity index (χ1) is 7.60. The second-order valence-corrected chi connectivity index (χ2v) is 4.25. The number of carbonyl (C=O) groups is 2. The molecular weight excluding hydrogens is 206 g/mol. The smallest absolute Gasteiger partial charge is 0.234 e. The molecule has 0 fully saturated rings. The van der Waals surface area contributed by atoms with Gasteiger partial charge in [-0.2, -0.15) is 0 Å². The molecule has 0 aromatic heterocycles. The highest BCUT2D eigenvalue weighted by Gasteiger charge is 2.12. The maximum absolute atomic E-state index is 11.4. The van der Waals surface area contributed by atoms with E-state index in [0.717, 1.165) is 12.7 Å². The number of aldehydes is 1. The van der Waals surface area contributed by atoms with Crippen LogP contribution in [0.2, 0.25) is 0 Å². The Kier molecular flexibility index (Phi) is 8.75. The Labute approximate surface area is 97.4 Å². The molecule has 5 heteroatoms. The molecular formula is C11H23N3O2. The summed E-state index contributed by atoms with van der Waals surface area (Å²) < 4.78 is 0. The molecule has 0 rings (SSSR count). The van der Waals surface area contributed by atoms with Gasteiger partial charge in [0.1, 0.15) is 6.29 Å². The Morgan fingerprint density at radius 2 is 2.06 bits per heavy atom. The first-order valence-corrected chi connectivity index (χ1v) is 5.68. The van der Waals surface area contributed by atoms with Gasteiger partial charge in [0, 0.05) is 12.6 Å². The molecule has 0 radical (unpaired) electrons. The van der Waals surface area contributed by atoms with Gasteiger partial charge < -0.3 is 20.7 Å². The van der Waals surface area contributed by atoms with Crippen LogP contribution in [0.5, 0.6) is 0 Å². The molecule has 1 amide bonds. The van der Waals surface area contributed by atoms with E-state index in [1.807, 2.05) is 0 Å². The molecule has 0 saturated carbocycles. The lowest BCUT2D eigenvalue weighted by Crippen LogP contribution is -2.45. The normalized spacial score (nSPS) is 12.5. The summed E-state index contributed by atoms with van der Waals surface area (Å²) in [6, 6.07) is 0.0841. The van der Waals surface area contributed by atoms with Gasteiger partial charge in [-0.05, 0) is 19.4 Å². The van der Waals surface area contributed by atoms with Crippen molar-refractivity contribution >= 4 is 12.2 Å². The molecule has 1 unspecified atom stereocenters. The summed E-state index contributed by atoms with van der Waals surface area (Å²) >= 11 is 0. The number of hydrogen-bond acceptors (Lipinski definition) is 4. The van der Waals surface area contributed by atoms with Crippen LogP contribution in [0.15, 0.2) is 0 Å². The molecule has 94 valence electrons. The maximum Gasteiger partial charge on any atom is 0.234 e. The van der Waals surface area contributed by atoms with Gasteiger partial charge >= 0.3 is 0 Å². The molecule has 0 aliphatic carbocycles. The predicted octanol–water partition coefficient (Wildman–Crippen LogP) is -0.475. The third-order valence-electron chi connectivity index (χ3n) is 2.08. The zero-order valence-corrected chi connectivity index (χ0v) is 10.4. The van der Waals surface area contributed by atoms with Crippen LogP contribution in [0.3, 0.4) is 0 Å². The van der Waals surface area contributed by atoms with E-state index >= 15 is 0 Å². The lowest BCUT2D eigenvalue weighted by molar-refractivity contribution is -0.120. The number of rotatable bonds is 9. The van der Waals surface area contributed by atoms with Gasteiger partial charge in [-0.15, -0.1) is 0 Å². The average molecular weight is 229 g/mol. The summed E-state index contributed by atoms with van der Waals surface area (Å²) in [7, 11) is 1.74. The molecule has 0 aromatic rings. The molecule has 0 saturated heterocycles. The first-order valence-electron chi connectivity index (χ1n) is 5.68. The van der Waals surface area contributed by atoms with E-state index in [9.17, 15) is 9.59 Å². The SMILES string of the molecule is CNCC(=O)NC(CNCC=O)CC(C)C. The van der Waals surface area contributed by atoms with Gasteiger partial charge in [0.05, 0.1) is 13.1 Å². The maximum atomic E-state index is 11.4. The second-order valence-electron chi connectivity index (χ2n) is 4.25. The number of hydrogen-bond donors (Lipinski definition) is 3. The largest absolute Gasteiger partial charge is 0.351 e. The van der Waals surface area contributed by atoms with Crippen molar-refractivity contribution in [1.29, 1.82) is 0 Å². The van der Waals surface area contributed by atoms with E-state index in [2.05, 4.69) is 29.8 Å². The van der Waals surface area contributed by atoms with E-state index in [-0.39, 0.29) is 11.9 Å². The summed E-state index contributed by atoms with van der Waals surface area (Å²) in [5, 5.41) is 8.72. The molecule has 0 aliphatic heterocycles. The zero-order chi connectivity index (χ0) is 12.4. The fourth-order valence-electron chi connectivity index (χ4n) is 1.52. The van der Waals surface area contributed by atoms with E-state index < -0.39 is 0 Å². The highest BCUT2D eigenvalue weighted by atomic mass is 16.2. The lowest BCUT2D eigenvalue weighted by Gasteiger charge is -2.20. The summed E-state index contributed by atoms with van der Waals surface area (Å²) in [6.45, 7) is 5.50. The molecule has 0 aliphatic rings. The van der Waals surface area contributed by atoms with Gasteiger partial charge in [0.15, 0.2) is 0 Å². The van der Waals surface area contributed by atoms with Crippen LogP contribution >= 0.6 is 0 Å². The molecule has 3 N–H and O–H groups in total. The average Bonchev–Trinajstić information content (AvgIpc) is 2.17. The Morgan fingerprint density at radius 1 is 1.38 bits per heavy atom. The van der Waals surface area contributed by atoms with Gasteiger partial charge in [-0.1, -0.05) is 13.8 Å². The zero-order valence-electron chi connectivity index (χ0n) is 10.4. The lowest BCUT2D eigenvalue weighted by atomic mass is 10.0. The highest BCUT2D eigenvalue weighted by Crippen LogP contribution is 2.03. The Bertz CT molecular complexity index is 207. The minimum absolute atomic E-state index is 0.0129. The van der Waals surface area contributed by atoms with Crippen molar-refractivity contribution in [3.05, 3.63) is 0 Å². The Hall–Kier alpha value is -0.940. The van der Waals surface area contributed by atoms with Crippen molar-refractivity contribution in [3.63, 3.8) is 0 Å². The van der Waals surface area contributed by atoms with Crippen molar-refractivity contribution in [2.75, 3.05) is 26.7 Å². The fourth-order valence-corrected chi connectivity index (χ4v) is 1.52. The van der Waals surface area contributed by atoms with Crippen LogP contribution < -0.4 is 16.0 Å². The molecule has 0 bridgehead atoms. The molecule has 0 aromatic carbocycles. The molecule has 0 heterocycles. The third-order valence-corrected chi connectivity index (χ3v) is 2.08. The number of nitrogens with one attached hydrogen (secondary N) is 3. The molecule has 0 spiro atoms. The third kappa shape index (κ3) is 8.38. The van der Waals surface area contributed by atoms with Crippen molar-refractivity contribution in [2.24, 2.45) is 5.92 Å². The molecule has 1 atom stereocenters. The minimum atomic E-state index is -0.0129. The summed E-state index contributed by atoms with van der Waals surface area (Å²) in [5.41, 5.74) is 0. The number of likely N-dealkylation sites (N-methyl/N-ethyl adjacent to an activating group) is 1. The predicted molar refractivity (Wildman–Crippen MR) is 64.2 cm³/mol. The van der Waals surface area contributed by atoms with Gasteiger partial charge in [-0.25, -0.2) is 0 Å².